The van der Waals surface area contributed by atoms with Gasteiger partial charge < -0.3 is 19.6 Å². The molecule has 0 unspecified atom stereocenters. The standard InChI is InChI=1S/C36H36N6O2/c43-24-28-11-7-12-29(37-28)26-13-15-27(16-14-26)35-39-32-22-30-31(38-33(36(44)40-30)21-25-9-3-1-4-10-25)23-34(32)42(35)20-8-19-41-17-5-2-6-18-41/h1,3-4,7,9-16,22-23,43H,2,5-6,8,17-21,24H2,(H,40,44). The molecule has 4 heterocycles. The fourth-order valence-corrected chi connectivity index (χ4v) is 6.25. The summed E-state index contributed by atoms with van der Waals surface area (Å²) >= 11 is 0. The number of hydrogen-bond donors (Lipinski definition) is 2. The Bertz CT molecular complexity index is 1960. The van der Waals surface area contributed by atoms with E-state index in [0.29, 0.717) is 23.3 Å². The SMILES string of the molecule is O=c1[nH]c2cc3nc(-c4ccc(-c5cccc(CO)n5)cc4)n(CCCN4CCCCC4)c3cc2nc1Cc1ccccc1. The van der Waals surface area contributed by atoms with E-state index < -0.39 is 0 Å². The van der Waals surface area contributed by atoms with Gasteiger partial charge in [-0.2, -0.15) is 0 Å². The zero-order chi connectivity index (χ0) is 29.9. The molecule has 3 aromatic heterocycles. The molecular formula is C36H36N6O2. The van der Waals surface area contributed by atoms with Gasteiger partial charge in [-0.25, -0.2) is 9.97 Å². The van der Waals surface area contributed by atoms with Crippen molar-refractivity contribution in [2.75, 3.05) is 19.6 Å². The van der Waals surface area contributed by atoms with Crippen molar-refractivity contribution in [3.05, 3.63) is 112 Å². The Morgan fingerprint density at radius 2 is 1.57 bits per heavy atom. The summed E-state index contributed by atoms with van der Waals surface area (Å²) in [4.78, 5) is 33.1. The molecule has 222 valence electrons. The molecule has 3 aromatic carbocycles. The minimum absolute atomic E-state index is 0.0877. The number of aromatic nitrogens is 5. The van der Waals surface area contributed by atoms with Crippen LogP contribution in [0.25, 0.3) is 44.7 Å². The van der Waals surface area contributed by atoms with Crippen molar-refractivity contribution in [3.8, 4) is 22.6 Å². The van der Waals surface area contributed by atoms with Crippen LogP contribution in [0.1, 0.15) is 42.6 Å². The first-order chi connectivity index (χ1) is 21.6. The molecule has 6 aromatic rings. The van der Waals surface area contributed by atoms with Gasteiger partial charge in [0.1, 0.15) is 11.5 Å². The van der Waals surface area contributed by atoms with Gasteiger partial charge in [0.15, 0.2) is 0 Å². The van der Waals surface area contributed by atoms with Crippen LogP contribution in [-0.2, 0) is 19.6 Å². The van der Waals surface area contributed by atoms with E-state index in [1.165, 1.54) is 32.4 Å². The summed E-state index contributed by atoms with van der Waals surface area (Å²) in [7, 11) is 0. The van der Waals surface area contributed by atoms with E-state index in [1.54, 1.807) is 0 Å². The minimum atomic E-state index is -0.170. The van der Waals surface area contributed by atoms with Crippen LogP contribution in [0.3, 0.4) is 0 Å². The van der Waals surface area contributed by atoms with E-state index in [9.17, 15) is 9.90 Å². The van der Waals surface area contributed by atoms with Crippen LogP contribution < -0.4 is 5.56 Å². The summed E-state index contributed by atoms with van der Waals surface area (Å²) in [6.45, 7) is 4.16. The van der Waals surface area contributed by atoms with E-state index in [0.717, 1.165) is 64.3 Å². The lowest BCUT2D eigenvalue weighted by atomic mass is 10.1. The minimum Gasteiger partial charge on any atom is -0.390 e. The van der Waals surface area contributed by atoms with Gasteiger partial charge in [0.2, 0.25) is 0 Å². The summed E-state index contributed by atoms with van der Waals surface area (Å²) in [6, 6.07) is 28.0. The number of aliphatic hydroxyl groups is 1. The van der Waals surface area contributed by atoms with Gasteiger partial charge >= 0.3 is 0 Å². The molecule has 7 rings (SSSR count). The number of aliphatic hydroxyl groups excluding tert-OH is 1. The number of hydrogen-bond acceptors (Lipinski definition) is 6. The number of aryl methyl sites for hydroxylation is 1. The number of likely N-dealkylation sites (tertiary alicyclic amines) is 1. The number of nitrogens with one attached hydrogen (secondary N) is 1. The predicted octanol–water partition coefficient (Wildman–Crippen LogP) is 5.96. The van der Waals surface area contributed by atoms with Crippen LogP contribution >= 0.6 is 0 Å². The maximum atomic E-state index is 13.0. The van der Waals surface area contributed by atoms with Crippen LogP contribution in [0.15, 0.2) is 89.7 Å². The molecule has 1 fully saturated rings. The second kappa shape index (κ2) is 12.5. The number of imidazole rings is 1. The topological polar surface area (TPSA) is 99.9 Å². The van der Waals surface area contributed by atoms with Crippen LogP contribution in [0, 0.1) is 0 Å². The molecule has 1 aliphatic rings. The van der Waals surface area contributed by atoms with Crippen molar-refractivity contribution in [2.24, 2.45) is 0 Å². The Hall–Kier alpha value is -4.66. The first-order valence-corrected chi connectivity index (χ1v) is 15.5. The lowest BCUT2D eigenvalue weighted by Gasteiger charge is -2.26. The number of aromatic amines is 1. The van der Waals surface area contributed by atoms with E-state index in [1.807, 2.05) is 54.6 Å². The zero-order valence-electron chi connectivity index (χ0n) is 24.7. The number of pyridine rings is 1. The van der Waals surface area contributed by atoms with Crippen molar-refractivity contribution in [1.82, 2.24) is 29.4 Å². The van der Waals surface area contributed by atoms with Gasteiger partial charge in [-0.15, -0.1) is 0 Å². The average molecular weight is 585 g/mol. The fourth-order valence-electron chi connectivity index (χ4n) is 6.25. The highest BCUT2D eigenvalue weighted by Gasteiger charge is 2.17. The number of piperidine rings is 1. The zero-order valence-corrected chi connectivity index (χ0v) is 24.7. The first-order valence-electron chi connectivity index (χ1n) is 15.5. The third kappa shape index (κ3) is 5.91. The van der Waals surface area contributed by atoms with E-state index in [2.05, 4.69) is 49.8 Å². The Balaban J connectivity index is 1.27. The fraction of sp³-hybridized carbons (Fsp3) is 0.278. The van der Waals surface area contributed by atoms with Gasteiger partial charge in [0.25, 0.3) is 5.56 Å². The maximum Gasteiger partial charge on any atom is 0.270 e. The molecule has 2 N–H and O–H groups in total. The number of H-pyrrole nitrogens is 1. The quantitative estimate of drug-likeness (QED) is 0.218. The summed E-state index contributed by atoms with van der Waals surface area (Å²) in [6.07, 6.45) is 5.39. The maximum absolute atomic E-state index is 13.0. The molecular weight excluding hydrogens is 548 g/mol. The Labute approximate surface area is 256 Å². The van der Waals surface area contributed by atoms with Crippen molar-refractivity contribution >= 4 is 22.1 Å². The molecule has 0 amide bonds. The lowest BCUT2D eigenvalue weighted by Crippen LogP contribution is -2.31. The summed E-state index contributed by atoms with van der Waals surface area (Å²) in [5.74, 6) is 0.893. The second-order valence-corrected chi connectivity index (χ2v) is 11.6. The molecule has 0 bridgehead atoms. The smallest absolute Gasteiger partial charge is 0.270 e. The molecule has 1 saturated heterocycles. The lowest BCUT2D eigenvalue weighted by molar-refractivity contribution is 0.223. The molecule has 0 saturated carbocycles. The molecule has 0 spiro atoms. The molecule has 8 heteroatoms. The van der Waals surface area contributed by atoms with E-state index in [4.69, 9.17) is 9.97 Å². The molecule has 0 aliphatic carbocycles. The highest BCUT2D eigenvalue weighted by molar-refractivity contribution is 5.93. The van der Waals surface area contributed by atoms with Crippen molar-refractivity contribution < 1.29 is 5.11 Å². The first kappa shape index (κ1) is 28.1. The van der Waals surface area contributed by atoms with Crippen LogP contribution in [0.2, 0.25) is 0 Å². The largest absolute Gasteiger partial charge is 0.390 e. The van der Waals surface area contributed by atoms with Crippen molar-refractivity contribution in [3.63, 3.8) is 0 Å². The third-order valence-electron chi connectivity index (χ3n) is 8.56. The van der Waals surface area contributed by atoms with Gasteiger partial charge in [0, 0.05) is 24.1 Å². The molecule has 44 heavy (non-hydrogen) atoms. The predicted molar refractivity (Wildman–Crippen MR) is 174 cm³/mol. The number of nitrogens with zero attached hydrogens (tertiary/aromatic N) is 5. The Kier molecular flexibility index (Phi) is 8.01. The third-order valence-corrected chi connectivity index (χ3v) is 8.56. The molecule has 1 aliphatic heterocycles. The van der Waals surface area contributed by atoms with E-state index >= 15 is 0 Å². The van der Waals surface area contributed by atoms with Gasteiger partial charge in [-0.3, -0.25) is 9.78 Å². The average Bonchev–Trinajstić information content (AvgIpc) is 3.42. The van der Waals surface area contributed by atoms with Gasteiger partial charge in [-0.05, 0) is 68.7 Å². The number of fused-ring (bicyclic) bond motifs is 2. The van der Waals surface area contributed by atoms with E-state index in [-0.39, 0.29) is 12.2 Å². The Morgan fingerprint density at radius 1 is 0.773 bits per heavy atom. The normalized spacial score (nSPS) is 14.0. The number of rotatable bonds is 9. The molecule has 0 atom stereocenters. The highest BCUT2D eigenvalue weighted by atomic mass is 16.3. The van der Waals surface area contributed by atoms with Crippen molar-refractivity contribution in [2.45, 2.75) is 45.3 Å². The highest BCUT2D eigenvalue weighted by Crippen LogP contribution is 2.29. The number of benzene rings is 3. The van der Waals surface area contributed by atoms with Crippen LogP contribution in [0.4, 0.5) is 0 Å². The molecule has 8 nitrogen and oxygen atoms in total. The van der Waals surface area contributed by atoms with Gasteiger partial charge in [0.05, 0.1) is 40.1 Å². The monoisotopic (exact) mass is 584 g/mol. The molecule has 0 radical (unpaired) electrons. The Morgan fingerprint density at radius 3 is 2.36 bits per heavy atom. The summed E-state index contributed by atoms with van der Waals surface area (Å²) < 4.78 is 2.31. The van der Waals surface area contributed by atoms with Crippen molar-refractivity contribution in [1.29, 1.82) is 0 Å². The summed E-state index contributed by atoms with van der Waals surface area (Å²) in [5, 5.41) is 9.52. The van der Waals surface area contributed by atoms with Crippen LogP contribution in [0.5, 0.6) is 0 Å². The van der Waals surface area contributed by atoms with Crippen LogP contribution in [-0.4, -0.2) is 54.1 Å². The van der Waals surface area contributed by atoms with Gasteiger partial charge in [-0.1, -0.05) is 67.1 Å². The summed E-state index contributed by atoms with van der Waals surface area (Å²) in [5.41, 5.74) is 8.15. The second-order valence-electron chi connectivity index (χ2n) is 11.6.